The van der Waals surface area contributed by atoms with Crippen LogP contribution in [0.3, 0.4) is 0 Å². The number of carbonyl (C=O) groups excluding carboxylic acids is 3. The first-order valence-corrected chi connectivity index (χ1v) is 4.82. The van der Waals surface area contributed by atoms with Gasteiger partial charge in [0.15, 0.2) is 5.57 Å². The zero-order valence-electron chi connectivity index (χ0n) is 9.33. The number of rotatable bonds is 2. The molecule has 6 heteroatoms. The van der Waals surface area contributed by atoms with E-state index < -0.39 is 17.7 Å². The molecule has 1 rings (SSSR count). The number of amides is 1. The van der Waals surface area contributed by atoms with Crippen LogP contribution in [0.1, 0.15) is 27.2 Å². The molecular formula is C10H13NO5. The lowest BCUT2D eigenvalue weighted by Gasteiger charge is -2.29. The highest BCUT2D eigenvalue weighted by molar-refractivity contribution is 6.15. The van der Waals surface area contributed by atoms with Crippen molar-refractivity contribution in [2.75, 3.05) is 0 Å². The van der Waals surface area contributed by atoms with Gasteiger partial charge in [0.1, 0.15) is 0 Å². The maximum absolute atomic E-state index is 11.4. The van der Waals surface area contributed by atoms with E-state index in [1.165, 1.54) is 13.8 Å². The fourth-order valence-corrected chi connectivity index (χ4v) is 1.03. The van der Waals surface area contributed by atoms with Gasteiger partial charge in [-0.15, -0.1) is 0 Å². The van der Waals surface area contributed by atoms with Crippen LogP contribution in [0.2, 0.25) is 0 Å². The summed E-state index contributed by atoms with van der Waals surface area (Å²) in [5.41, 5.74) is -0.318. The molecule has 0 aromatic rings. The highest BCUT2D eigenvalue weighted by Gasteiger charge is 2.38. The largest absolute Gasteiger partial charge is 0.419 e. The van der Waals surface area contributed by atoms with Crippen LogP contribution < -0.4 is 5.32 Å². The van der Waals surface area contributed by atoms with E-state index in [0.29, 0.717) is 0 Å². The van der Waals surface area contributed by atoms with Gasteiger partial charge in [-0.25, -0.2) is 9.59 Å². The summed E-state index contributed by atoms with van der Waals surface area (Å²) in [4.78, 5) is 33.7. The Labute approximate surface area is 92.6 Å². The molecule has 0 spiro atoms. The van der Waals surface area contributed by atoms with Crippen LogP contribution in [0.25, 0.3) is 0 Å². The maximum Gasteiger partial charge on any atom is 0.350 e. The monoisotopic (exact) mass is 227 g/mol. The summed E-state index contributed by atoms with van der Waals surface area (Å²) in [5.74, 6) is -3.19. The van der Waals surface area contributed by atoms with Gasteiger partial charge in [-0.3, -0.25) is 4.79 Å². The van der Waals surface area contributed by atoms with Crippen LogP contribution in [0.15, 0.2) is 11.8 Å². The molecule has 1 aliphatic rings. The van der Waals surface area contributed by atoms with Crippen molar-refractivity contribution in [1.29, 1.82) is 0 Å². The number of cyclic esters (lactones) is 2. The lowest BCUT2D eigenvalue weighted by molar-refractivity contribution is -0.222. The van der Waals surface area contributed by atoms with E-state index in [0.717, 1.165) is 6.20 Å². The van der Waals surface area contributed by atoms with Gasteiger partial charge in [0, 0.05) is 26.5 Å². The van der Waals surface area contributed by atoms with Crippen molar-refractivity contribution in [3.63, 3.8) is 0 Å². The third-order valence-corrected chi connectivity index (χ3v) is 1.82. The highest BCUT2D eigenvalue weighted by Crippen LogP contribution is 2.21. The molecule has 0 saturated carbocycles. The van der Waals surface area contributed by atoms with Crippen LogP contribution in [0.4, 0.5) is 0 Å². The molecular weight excluding hydrogens is 214 g/mol. The first-order chi connectivity index (χ1) is 7.35. The first kappa shape index (κ1) is 12.2. The number of hydrogen-bond acceptors (Lipinski definition) is 5. The Bertz CT molecular complexity index is 347. The van der Waals surface area contributed by atoms with Crippen molar-refractivity contribution in [2.45, 2.75) is 33.0 Å². The zero-order valence-corrected chi connectivity index (χ0v) is 9.33. The third-order valence-electron chi connectivity index (χ3n) is 1.82. The van der Waals surface area contributed by atoms with Crippen molar-refractivity contribution in [3.8, 4) is 0 Å². The zero-order chi connectivity index (χ0) is 12.3. The molecule has 1 amide bonds. The standard InChI is InChI=1S/C10H13NO5/c1-4-7(12)11-5-6-8(13)15-10(2,3)16-9(6)14/h5H,4H2,1-3H3,(H,11,12). The third kappa shape index (κ3) is 2.82. The minimum absolute atomic E-state index is 0.249. The van der Waals surface area contributed by atoms with Gasteiger partial charge in [0.05, 0.1) is 0 Å². The van der Waals surface area contributed by atoms with Crippen LogP contribution in [0, 0.1) is 0 Å². The Hall–Kier alpha value is -1.85. The second-order valence-electron chi connectivity index (χ2n) is 3.66. The molecule has 88 valence electrons. The van der Waals surface area contributed by atoms with E-state index in [-0.39, 0.29) is 17.9 Å². The van der Waals surface area contributed by atoms with Crippen LogP contribution >= 0.6 is 0 Å². The van der Waals surface area contributed by atoms with Crippen LogP contribution in [0.5, 0.6) is 0 Å². The minimum Gasteiger partial charge on any atom is -0.419 e. The van der Waals surface area contributed by atoms with Crippen molar-refractivity contribution in [3.05, 3.63) is 11.8 Å². The van der Waals surface area contributed by atoms with E-state index in [9.17, 15) is 14.4 Å². The lowest BCUT2D eigenvalue weighted by Crippen LogP contribution is -2.42. The predicted octanol–water partition coefficient (Wildman–Crippen LogP) is 0.233. The Kier molecular flexibility index (Phi) is 3.31. The summed E-state index contributed by atoms with van der Waals surface area (Å²) in [6.45, 7) is 4.54. The van der Waals surface area contributed by atoms with E-state index in [1.54, 1.807) is 6.92 Å². The molecule has 1 N–H and O–H groups in total. The van der Waals surface area contributed by atoms with Gasteiger partial charge >= 0.3 is 11.9 Å². The van der Waals surface area contributed by atoms with Crippen molar-refractivity contribution in [2.24, 2.45) is 0 Å². The summed E-state index contributed by atoms with van der Waals surface area (Å²) >= 11 is 0. The number of esters is 2. The average molecular weight is 227 g/mol. The summed E-state index contributed by atoms with van der Waals surface area (Å²) < 4.78 is 9.64. The lowest BCUT2D eigenvalue weighted by atomic mass is 10.2. The van der Waals surface area contributed by atoms with Gasteiger partial charge in [-0.05, 0) is 0 Å². The number of carbonyl (C=O) groups is 3. The molecule has 0 atom stereocenters. The molecule has 0 unspecified atom stereocenters. The van der Waals surface area contributed by atoms with Crippen molar-refractivity contribution in [1.82, 2.24) is 5.32 Å². The minimum atomic E-state index is -1.26. The van der Waals surface area contributed by atoms with Gasteiger partial charge < -0.3 is 14.8 Å². The maximum atomic E-state index is 11.4. The number of ether oxygens (including phenoxy) is 2. The molecule has 1 saturated heterocycles. The van der Waals surface area contributed by atoms with Gasteiger partial charge in [0.2, 0.25) is 5.91 Å². The Morgan fingerprint density at radius 1 is 1.31 bits per heavy atom. The van der Waals surface area contributed by atoms with E-state index in [1.807, 2.05) is 0 Å². The fourth-order valence-electron chi connectivity index (χ4n) is 1.03. The molecule has 0 radical (unpaired) electrons. The molecule has 0 aliphatic carbocycles. The normalized spacial score (nSPS) is 18.6. The molecule has 0 bridgehead atoms. The van der Waals surface area contributed by atoms with Crippen LogP contribution in [-0.2, 0) is 23.9 Å². The van der Waals surface area contributed by atoms with Gasteiger partial charge in [-0.2, -0.15) is 0 Å². The molecule has 1 aliphatic heterocycles. The van der Waals surface area contributed by atoms with Crippen molar-refractivity contribution < 1.29 is 23.9 Å². The SMILES string of the molecule is CCC(=O)NC=C1C(=O)OC(C)(C)OC1=O. The Morgan fingerprint density at radius 2 is 1.81 bits per heavy atom. The average Bonchev–Trinajstić information content (AvgIpc) is 2.14. The van der Waals surface area contributed by atoms with Gasteiger partial charge in [0.25, 0.3) is 5.79 Å². The predicted molar refractivity (Wildman–Crippen MR) is 52.8 cm³/mol. The summed E-state index contributed by atoms with van der Waals surface area (Å²) in [5, 5.41) is 2.29. The molecule has 0 aromatic heterocycles. The molecule has 6 nitrogen and oxygen atoms in total. The topological polar surface area (TPSA) is 81.7 Å². The van der Waals surface area contributed by atoms with E-state index in [2.05, 4.69) is 5.32 Å². The molecule has 16 heavy (non-hydrogen) atoms. The number of hydrogen-bond donors (Lipinski definition) is 1. The molecule has 1 heterocycles. The quantitative estimate of drug-likeness (QED) is 0.415. The number of nitrogens with one attached hydrogen (secondary N) is 1. The van der Waals surface area contributed by atoms with E-state index in [4.69, 9.17) is 9.47 Å². The summed E-state index contributed by atoms with van der Waals surface area (Å²) in [6.07, 6.45) is 1.26. The fraction of sp³-hybridized carbons (Fsp3) is 0.500. The van der Waals surface area contributed by atoms with Crippen LogP contribution in [-0.4, -0.2) is 23.6 Å². The van der Waals surface area contributed by atoms with Crippen molar-refractivity contribution >= 4 is 17.8 Å². The highest BCUT2D eigenvalue weighted by atomic mass is 16.7. The summed E-state index contributed by atoms with van der Waals surface area (Å²) in [7, 11) is 0. The first-order valence-electron chi connectivity index (χ1n) is 4.82. The summed E-state index contributed by atoms with van der Waals surface area (Å²) in [6, 6.07) is 0. The molecule has 1 fully saturated rings. The molecule has 0 aromatic carbocycles. The second kappa shape index (κ2) is 4.34. The Balaban J connectivity index is 2.79. The Morgan fingerprint density at radius 3 is 2.25 bits per heavy atom. The van der Waals surface area contributed by atoms with E-state index >= 15 is 0 Å². The smallest absolute Gasteiger partial charge is 0.350 e. The van der Waals surface area contributed by atoms with Gasteiger partial charge in [-0.1, -0.05) is 6.92 Å². The second-order valence-corrected chi connectivity index (χ2v) is 3.66.